The standard InChI is InChI=1S/C14H20ClNO2/c1-8(17)6-7-16-13-11(4)12(15)9(2)10(3)14(13)18-5/h16H,6-7H2,1-5H3. The SMILES string of the molecule is COc1c(C)c(C)c(Cl)c(C)c1NCCC(C)=O. The quantitative estimate of drug-likeness (QED) is 0.886. The maximum Gasteiger partial charge on any atom is 0.145 e. The molecule has 3 nitrogen and oxygen atoms in total. The second-order valence-corrected chi connectivity index (χ2v) is 4.85. The number of benzene rings is 1. The summed E-state index contributed by atoms with van der Waals surface area (Å²) in [5, 5.41) is 3.99. The maximum atomic E-state index is 11.0. The Morgan fingerprint density at radius 2 is 1.83 bits per heavy atom. The number of Topliss-reactive ketones (excluding diaryl/α,β-unsaturated/α-hetero) is 1. The predicted octanol–water partition coefficient (Wildman–Crippen LogP) is 3.66. The minimum Gasteiger partial charge on any atom is -0.494 e. The molecule has 0 saturated carbocycles. The highest BCUT2D eigenvalue weighted by Gasteiger charge is 2.16. The van der Waals surface area contributed by atoms with Crippen LogP contribution in [0, 0.1) is 20.8 Å². The van der Waals surface area contributed by atoms with Crippen molar-refractivity contribution in [1.29, 1.82) is 0 Å². The first-order valence-corrected chi connectivity index (χ1v) is 6.34. The molecule has 1 aromatic rings. The molecule has 4 heteroatoms. The lowest BCUT2D eigenvalue weighted by atomic mass is 10.0. The molecule has 1 rings (SSSR count). The molecule has 0 unspecified atom stereocenters. The van der Waals surface area contributed by atoms with E-state index in [1.807, 2.05) is 20.8 Å². The van der Waals surface area contributed by atoms with Crippen LogP contribution in [-0.2, 0) is 4.79 Å². The van der Waals surface area contributed by atoms with E-state index in [4.69, 9.17) is 16.3 Å². The Morgan fingerprint density at radius 1 is 1.22 bits per heavy atom. The summed E-state index contributed by atoms with van der Waals surface area (Å²) in [7, 11) is 1.64. The first kappa shape index (κ1) is 14.8. The highest BCUT2D eigenvalue weighted by atomic mass is 35.5. The molecule has 0 heterocycles. The Morgan fingerprint density at radius 3 is 2.33 bits per heavy atom. The van der Waals surface area contributed by atoms with E-state index in [1.165, 1.54) is 0 Å². The minimum absolute atomic E-state index is 0.161. The van der Waals surface area contributed by atoms with Gasteiger partial charge in [-0.05, 0) is 44.4 Å². The molecule has 0 saturated heterocycles. The van der Waals surface area contributed by atoms with Crippen LogP contribution in [0.5, 0.6) is 5.75 Å². The van der Waals surface area contributed by atoms with Crippen molar-refractivity contribution >= 4 is 23.1 Å². The Kier molecular flexibility index (Phi) is 5.03. The Hall–Kier alpha value is -1.22. The van der Waals surface area contributed by atoms with Gasteiger partial charge in [0.25, 0.3) is 0 Å². The lowest BCUT2D eigenvalue weighted by molar-refractivity contribution is -0.116. The molecule has 0 aliphatic rings. The lowest BCUT2D eigenvalue weighted by Crippen LogP contribution is -2.09. The highest BCUT2D eigenvalue weighted by Crippen LogP contribution is 2.39. The van der Waals surface area contributed by atoms with E-state index in [1.54, 1.807) is 14.0 Å². The van der Waals surface area contributed by atoms with Crippen molar-refractivity contribution in [3.63, 3.8) is 0 Å². The third-order valence-electron chi connectivity index (χ3n) is 3.15. The van der Waals surface area contributed by atoms with E-state index in [0.717, 1.165) is 33.1 Å². The zero-order valence-electron chi connectivity index (χ0n) is 11.6. The predicted molar refractivity (Wildman–Crippen MR) is 76.0 cm³/mol. The summed E-state index contributed by atoms with van der Waals surface area (Å²) < 4.78 is 5.44. The number of methoxy groups -OCH3 is 1. The molecule has 0 amide bonds. The van der Waals surface area contributed by atoms with Crippen LogP contribution in [0.2, 0.25) is 5.02 Å². The molecule has 0 aliphatic carbocycles. The van der Waals surface area contributed by atoms with Crippen LogP contribution >= 0.6 is 11.6 Å². The second-order valence-electron chi connectivity index (χ2n) is 4.48. The van der Waals surface area contributed by atoms with E-state index >= 15 is 0 Å². The van der Waals surface area contributed by atoms with Crippen LogP contribution in [-0.4, -0.2) is 19.4 Å². The second kappa shape index (κ2) is 6.10. The summed E-state index contributed by atoms with van der Waals surface area (Å²) in [6.45, 7) is 8.08. The normalized spacial score (nSPS) is 10.3. The first-order valence-electron chi connectivity index (χ1n) is 5.96. The Balaban J connectivity index is 3.12. The van der Waals surface area contributed by atoms with Gasteiger partial charge < -0.3 is 10.1 Å². The number of carbonyl (C=O) groups excluding carboxylic acids is 1. The fourth-order valence-corrected chi connectivity index (χ4v) is 2.15. The maximum absolute atomic E-state index is 11.0. The molecule has 0 aliphatic heterocycles. The molecule has 1 N–H and O–H groups in total. The molecule has 18 heavy (non-hydrogen) atoms. The van der Waals surface area contributed by atoms with Crippen LogP contribution < -0.4 is 10.1 Å². The van der Waals surface area contributed by atoms with Crippen molar-refractivity contribution in [2.24, 2.45) is 0 Å². The van der Waals surface area contributed by atoms with Crippen molar-refractivity contribution in [3.8, 4) is 5.75 Å². The largest absolute Gasteiger partial charge is 0.494 e. The average Bonchev–Trinajstić information content (AvgIpc) is 2.33. The topological polar surface area (TPSA) is 38.3 Å². The number of hydrogen-bond donors (Lipinski definition) is 1. The zero-order valence-corrected chi connectivity index (χ0v) is 12.4. The van der Waals surface area contributed by atoms with E-state index < -0.39 is 0 Å². The van der Waals surface area contributed by atoms with Gasteiger partial charge in [0, 0.05) is 18.0 Å². The molecule has 0 radical (unpaired) electrons. The number of carbonyl (C=O) groups is 1. The molecular weight excluding hydrogens is 250 g/mol. The number of halogens is 1. The van der Waals surface area contributed by atoms with Crippen molar-refractivity contribution in [2.75, 3.05) is 19.0 Å². The molecule has 1 aromatic carbocycles. The number of nitrogens with one attached hydrogen (secondary N) is 1. The van der Waals surface area contributed by atoms with Crippen LogP contribution in [0.15, 0.2) is 0 Å². The van der Waals surface area contributed by atoms with Crippen molar-refractivity contribution in [2.45, 2.75) is 34.1 Å². The van der Waals surface area contributed by atoms with Crippen molar-refractivity contribution in [3.05, 3.63) is 21.7 Å². The lowest BCUT2D eigenvalue weighted by Gasteiger charge is -2.19. The molecule has 0 spiro atoms. The first-order chi connectivity index (χ1) is 8.40. The summed E-state index contributed by atoms with van der Waals surface area (Å²) in [6.07, 6.45) is 0.493. The minimum atomic E-state index is 0.161. The summed E-state index contributed by atoms with van der Waals surface area (Å²) in [6, 6.07) is 0. The average molecular weight is 270 g/mol. The van der Waals surface area contributed by atoms with Gasteiger partial charge in [-0.1, -0.05) is 11.6 Å². The number of hydrogen-bond acceptors (Lipinski definition) is 3. The molecule has 0 aromatic heterocycles. The van der Waals surface area contributed by atoms with Crippen LogP contribution in [0.25, 0.3) is 0 Å². The van der Waals surface area contributed by atoms with Crippen molar-refractivity contribution < 1.29 is 9.53 Å². The summed E-state index contributed by atoms with van der Waals surface area (Å²) in [5.74, 6) is 0.965. The van der Waals surface area contributed by atoms with Gasteiger partial charge in [0.15, 0.2) is 0 Å². The van der Waals surface area contributed by atoms with Gasteiger partial charge in [-0.2, -0.15) is 0 Å². The van der Waals surface area contributed by atoms with Crippen LogP contribution in [0.1, 0.15) is 30.0 Å². The Bertz CT molecular complexity index is 470. The third-order valence-corrected chi connectivity index (χ3v) is 3.71. The number of anilines is 1. The van der Waals surface area contributed by atoms with Gasteiger partial charge in [0.1, 0.15) is 11.5 Å². The zero-order chi connectivity index (χ0) is 13.9. The fraction of sp³-hybridized carbons (Fsp3) is 0.500. The van der Waals surface area contributed by atoms with Gasteiger partial charge in [0.05, 0.1) is 12.8 Å². The smallest absolute Gasteiger partial charge is 0.145 e. The highest BCUT2D eigenvalue weighted by molar-refractivity contribution is 6.32. The van der Waals surface area contributed by atoms with E-state index in [9.17, 15) is 4.79 Å². The molecule has 0 bridgehead atoms. The third kappa shape index (κ3) is 2.96. The van der Waals surface area contributed by atoms with Gasteiger partial charge >= 0.3 is 0 Å². The molecule has 0 atom stereocenters. The summed E-state index contributed by atoms with van der Waals surface area (Å²) in [5.41, 5.74) is 3.90. The van der Waals surface area contributed by atoms with Crippen LogP contribution in [0.3, 0.4) is 0 Å². The molecule has 100 valence electrons. The fourth-order valence-electron chi connectivity index (χ4n) is 1.92. The van der Waals surface area contributed by atoms with E-state index in [-0.39, 0.29) is 5.78 Å². The van der Waals surface area contributed by atoms with Crippen LogP contribution in [0.4, 0.5) is 5.69 Å². The summed E-state index contributed by atoms with van der Waals surface area (Å²) >= 11 is 6.30. The van der Waals surface area contributed by atoms with E-state index in [0.29, 0.717) is 13.0 Å². The monoisotopic (exact) mass is 269 g/mol. The van der Waals surface area contributed by atoms with Crippen molar-refractivity contribution in [1.82, 2.24) is 0 Å². The summed E-state index contributed by atoms with van der Waals surface area (Å²) in [4.78, 5) is 11.0. The van der Waals surface area contributed by atoms with Gasteiger partial charge in [-0.3, -0.25) is 4.79 Å². The van der Waals surface area contributed by atoms with Gasteiger partial charge in [-0.15, -0.1) is 0 Å². The number of ketones is 1. The van der Waals surface area contributed by atoms with Gasteiger partial charge in [0.2, 0.25) is 0 Å². The van der Waals surface area contributed by atoms with E-state index in [2.05, 4.69) is 5.32 Å². The number of ether oxygens (including phenoxy) is 1. The Labute approximate surface area is 113 Å². The molecular formula is C14H20ClNO2. The van der Waals surface area contributed by atoms with Gasteiger partial charge in [-0.25, -0.2) is 0 Å². The molecule has 0 fully saturated rings. The number of rotatable bonds is 5.